The highest BCUT2D eigenvalue weighted by atomic mass is 16.5. The third-order valence-electron chi connectivity index (χ3n) is 5.25. The molecule has 2 rings (SSSR count). The first-order valence-electron chi connectivity index (χ1n) is 10.6. The highest BCUT2D eigenvalue weighted by Crippen LogP contribution is 2.20. The molecule has 1 N–H and O–H groups in total. The fourth-order valence-electron chi connectivity index (χ4n) is 3.46. The minimum absolute atomic E-state index is 0.0177. The standard InChI is InChI=1S/C23H34N2O4/c1-16(2)12-13-20(26)25-14-8-11-19(25)22(27)24-21(17(3)4)23(28)29-15-18-9-6-5-7-10-18/h5-7,9-10,16-17,19,21H,8,11-15H2,1-4H3,(H,24,27)/t19-,21-/m0/s1. The average Bonchev–Trinajstić information content (AvgIpc) is 3.19. The van der Waals surface area contributed by atoms with Crippen LogP contribution in [0.4, 0.5) is 0 Å². The van der Waals surface area contributed by atoms with Gasteiger partial charge in [-0.25, -0.2) is 4.79 Å². The Balaban J connectivity index is 1.95. The molecule has 1 heterocycles. The first kappa shape index (κ1) is 22.9. The predicted octanol–water partition coefficient (Wildman–Crippen LogP) is 3.30. The molecule has 0 bridgehead atoms. The van der Waals surface area contributed by atoms with Crippen LogP contribution < -0.4 is 5.32 Å². The Kier molecular flexibility index (Phi) is 8.68. The van der Waals surface area contributed by atoms with Crippen LogP contribution in [0.3, 0.4) is 0 Å². The minimum Gasteiger partial charge on any atom is -0.459 e. The average molecular weight is 403 g/mol. The monoisotopic (exact) mass is 402 g/mol. The second-order valence-electron chi connectivity index (χ2n) is 8.50. The maximum Gasteiger partial charge on any atom is 0.329 e. The van der Waals surface area contributed by atoms with Gasteiger partial charge in [-0.1, -0.05) is 58.0 Å². The first-order chi connectivity index (χ1) is 13.8. The number of likely N-dealkylation sites (tertiary alicyclic amines) is 1. The number of ether oxygens (including phenoxy) is 1. The Morgan fingerprint density at radius 2 is 1.83 bits per heavy atom. The summed E-state index contributed by atoms with van der Waals surface area (Å²) >= 11 is 0. The zero-order valence-electron chi connectivity index (χ0n) is 18.0. The van der Waals surface area contributed by atoms with Crippen LogP contribution in [0.2, 0.25) is 0 Å². The SMILES string of the molecule is CC(C)CCC(=O)N1CCC[C@H]1C(=O)N[C@H](C(=O)OCc1ccccc1)C(C)C. The number of rotatable bonds is 9. The van der Waals surface area contributed by atoms with Crippen molar-refractivity contribution in [2.75, 3.05) is 6.54 Å². The zero-order valence-corrected chi connectivity index (χ0v) is 18.0. The molecule has 1 fully saturated rings. The fourth-order valence-corrected chi connectivity index (χ4v) is 3.46. The molecule has 6 heteroatoms. The van der Waals surface area contributed by atoms with E-state index in [0.29, 0.717) is 25.3 Å². The summed E-state index contributed by atoms with van der Waals surface area (Å²) in [5.74, 6) is -0.375. The lowest BCUT2D eigenvalue weighted by atomic mass is 10.0. The molecule has 1 aromatic carbocycles. The zero-order chi connectivity index (χ0) is 21.4. The van der Waals surface area contributed by atoms with Crippen LogP contribution in [-0.4, -0.2) is 41.3 Å². The number of hydrogen-bond donors (Lipinski definition) is 1. The molecule has 1 saturated heterocycles. The number of nitrogens with zero attached hydrogens (tertiary/aromatic N) is 1. The van der Waals surface area contributed by atoms with E-state index < -0.39 is 18.1 Å². The summed E-state index contributed by atoms with van der Waals surface area (Å²) in [6.07, 6.45) is 2.69. The number of amides is 2. The molecule has 6 nitrogen and oxygen atoms in total. The smallest absolute Gasteiger partial charge is 0.329 e. The summed E-state index contributed by atoms with van der Waals surface area (Å²) in [4.78, 5) is 39.7. The van der Waals surface area contributed by atoms with Crippen molar-refractivity contribution in [1.82, 2.24) is 10.2 Å². The Labute approximate surface area is 174 Å². The van der Waals surface area contributed by atoms with Crippen LogP contribution in [0.5, 0.6) is 0 Å². The molecule has 2 amide bonds. The number of hydrogen-bond acceptors (Lipinski definition) is 4. The molecule has 0 saturated carbocycles. The van der Waals surface area contributed by atoms with Crippen LogP contribution in [0.15, 0.2) is 30.3 Å². The molecule has 0 aromatic heterocycles. The molecular weight excluding hydrogens is 368 g/mol. The van der Waals surface area contributed by atoms with Crippen molar-refractivity contribution in [3.05, 3.63) is 35.9 Å². The van der Waals surface area contributed by atoms with Crippen molar-refractivity contribution in [3.63, 3.8) is 0 Å². The van der Waals surface area contributed by atoms with E-state index in [-0.39, 0.29) is 24.3 Å². The van der Waals surface area contributed by atoms with Crippen molar-refractivity contribution in [1.29, 1.82) is 0 Å². The lowest BCUT2D eigenvalue weighted by molar-refractivity contribution is -0.151. The predicted molar refractivity (Wildman–Crippen MR) is 112 cm³/mol. The van der Waals surface area contributed by atoms with Gasteiger partial charge in [0.1, 0.15) is 18.7 Å². The van der Waals surface area contributed by atoms with Crippen LogP contribution in [-0.2, 0) is 25.7 Å². The topological polar surface area (TPSA) is 75.7 Å². The Morgan fingerprint density at radius 3 is 2.45 bits per heavy atom. The number of carbonyl (C=O) groups excluding carboxylic acids is 3. The molecule has 2 atom stereocenters. The largest absolute Gasteiger partial charge is 0.459 e. The number of esters is 1. The minimum atomic E-state index is -0.737. The molecule has 0 unspecified atom stereocenters. The van der Waals surface area contributed by atoms with Gasteiger partial charge in [0.2, 0.25) is 11.8 Å². The summed E-state index contributed by atoms with van der Waals surface area (Å²) in [6, 6.07) is 8.20. The normalized spacial score (nSPS) is 17.4. The van der Waals surface area contributed by atoms with Crippen molar-refractivity contribution in [2.45, 2.75) is 72.1 Å². The Hall–Kier alpha value is -2.37. The number of carbonyl (C=O) groups is 3. The van der Waals surface area contributed by atoms with Crippen molar-refractivity contribution in [3.8, 4) is 0 Å². The van der Waals surface area contributed by atoms with E-state index in [1.54, 1.807) is 4.90 Å². The van der Waals surface area contributed by atoms with Gasteiger partial charge in [0.15, 0.2) is 0 Å². The van der Waals surface area contributed by atoms with Crippen molar-refractivity contribution >= 4 is 17.8 Å². The lowest BCUT2D eigenvalue weighted by Crippen LogP contribution is -2.52. The molecule has 0 aliphatic carbocycles. The molecule has 0 radical (unpaired) electrons. The second-order valence-corrected chi connectivity index (χ2v) is 8.50. The quantitative estimate of drug-likeness (QED) is 0.643. The van der Waals surface area contributed by atoms with Gasteiger partial charge in [-0.15, -0.1) is 0 Å². The third kappa shape index (κ3) is 6.87. The lowest BCUT2D eigenvalue weighted by Gasteiger charge is -2.27. The van der Waals surface area contributed by atoms with E-state index in [0.717, 1.165) is 18.4 Å². The van der Waals surface area contributed by atoms with Gasteiger partial charge in [0, 0.05) is 13.0 Å². The summed E-state index contributed by atoms with van der Waals surface area (Å²) in [6.45, 7) is 8.66. The highest BCUT2D eigenvalue weighted by molar-refractivity contribution is 5.91. The van der Waals surface area contributed by atoms with Crippen LogP contribution in [0.1, 0.15) is 58.9 Å². The molecule has 0 spiro atoms. The van der Waals surface area contributed by atoms with E-state index >= 15 is 0 Å². The maximum absolute atomic E-state index is 12.9. The molecular formula is C23H34N2O4. The van der Waals surface area contributed by atoms with E-state index in [1.165, 1.54) is 0 Å². The van der Waals surface area contributed by atoms with Crippen molar-refractivity contribution in [2.24, 2.45) is 11.8 Å². The van der Waals surface area contributed by atoms with Crippen LogP contribution in [0, 0.1) is 11.8 Å². The molecule has 1 aromatic rings. The van der Waals surface area contributed by atoms with Gasteiger partial charge >= 0.3 is 5.97 Å². The second kappa shape index (κ2) is 11.0. The van der Waals surface area contributed by atoms with E-state index in [9.17, 15) is 14.4 Å². The van der Waals surface area contributed by atoms with Gasteiger partial charge in [0.25, 0.3) is 0 Å². The summed E-state index contributed by atoms with van der Waals surface area (Å²) in [7, 11) is 0. The molecule has 29 heavy (non-hydrogen) atoms. The third-order valence-corrected chi connectivity index (χ3v) is 5.25. The first-order valence-corrected chi connectivity index (χ1v) is 10.6. The summed E-state index contributed by atoms with van der Waals surface area (Å²) in [5.41, 5.74) is 0.896. The van der Waals surface area contributed by atoms with E-state index in [2.05, 4.69) is 19.2 Å². The fraction of sp³-hybridized carbons (Fsp3) is 0.609. The molecule has 1 aliphatic heterocycles. The Morgan fingerprint density at radius 1 is 1.14 bits per heavy atom. The van der Waals surface area contributed by atoms with E-state index in [1.807, 2.05) is 44.2 Å². The van der Waals surface area contributed by atoms with Crippen LogP contribution in [0.25, 0.3) is 0 Å². The summed E-state index contributed by atoms with van der Waals surface area (Å²) in [5, 5.41) is 2.84. The van der Waals surface area contributed by atoms with E-state index in [4.69, 9.17) is 4.74 Å². The van der Waals surface area contributed by atoms with Gasteiger partial charge < -0.3 is 15.0 Å². The summed E-state index contributed by atoms with van der Waals surface area (Å²) < 4.78 is 5.42. The maximum atomic E-state index is 12.9. The van der Waals surface area contributed by atoms with Crippen molar-refractivity contribution < 1.29 is 19.1 Å². The number of benzene rings is 1. The number of nitrogens with one attached hydrogen (secondary N) is 1. The molecule has 1 aliphatic rings. The van der Waals surface area contributed by atoms with Gasteiger partial charge in [-0.3, -0.25) is 9.59 Å². The molecule has 160 valence electrons. The Bertz CT molecular complexity index is 687. The van der Waals surface area contributed by atoms with Gasteiger partial charge in [0.05, 0.1) is 0 Å². The van der Waals surface area contributed by atoms with Gasteiger partial charge in [-0.05, 0) is 36.7 Å². The highest BCUT2D eigenvalue weighted by Gasteiger charge is 2.36. The van der Waals surface area contributed by atoms with Gasteiger partial charge in [-0.2, -0.15) is 0 Å². The van der Waals surface area contributed by atoms with Crippen LogP contribution >= 0.6 is 0 Å².